The summed E-state index contributed by atoms with van der Waals surface area (Å²) in [6.45, 7) is 2.57. The van der Waals surface area contributed by atoms with Crippen LogP contribution >= 0.6 is 11.3 Å². The standard InChI is InChI=1S/C38H49F2N5O5S2/c1-4-5-6-7-8-9-10-11-12-13-14-15-22-38(52(3,48)49,35(47)41-24-33-44-43-27(2)50-33)36-42-31-21-20-30(23-32(31)51-36)28-16-18-29(19-17-28)34(46)45-25-37(39,40)26-45/h16-21,23H,4-15,22,24-26H2,1-3H3,(H,41,47). The molecule has 3 heterocycles. The predicted molar refractivity (Wildman–Crippen MR) is 199 cm³/mol. The molecule has 5 rings (SSSR count). The summed E-state index contributed by atoms with van der Waals surface area (Å²) >= 11 is 1.17. The Morgan fingerprint density at radius 2 is 1.50 bits per heavy atom. The zero-order valence-electron chi connectivity index (χ0n) is 30.3. The van der Waals surface area contributed by atoms with E-state index in [9.17, 15) is 26.8 Å². The quantitative estimate of drug-likeness (QED) is 0.0889. The van der Waals surface area contributed by atoms with Gasteiger partial charge in [0.15, 0.2) is 9.84 Å². The molecule has 2 aromatic heterocycles. The molecule has 1 aliphatic heterocycles. The van der Waals surface area contributed by atoms with Crippen LogP contribution in [0.1, 0.15) is 118 Å². The third-order valence-corrected chi connectivity index (χ3v) is 12.8. The number of hydrogen-bond donors (Lipinski definition) is 1. The molecule has 1 unspecified atom stereocenters. The number of halogens is 2. The average molecular weight is 758 g/mol. The highest BCUT2D eigenvalue weighted by molar-refractivity contribution is 7.92. The summed E-state index contributed by atoms with van der Waals surface area (Å²) in [4.78, 5) is 32.6. The van der Waals surface area contributed by atoms with Crippen molar-refractivity contribution in [3.8, 4) is 11.1 Å². The summed E-state index contributed by atoms with van der Waals surface area (Å²) in [6, 6.07) is 12.2. The molecule has 14 heteroatoms. The summed E-state index contributed by atoms with van der Waals surface area (Å²) in [6.07, 6.45) is 14.5. The Morgan fingerprint density at radius 3 is 2.06 bits per heavy atom. The van der Waals surface area contributed by atoms with Crippen molar-refractivity contribution in [1.82, 2.24) is 25.4 Å². The van der Waals surface area contributed by atoms with Crippen molar-refractivity contribution in [3.05, 3.63) is 64.8 Å². The second-order valence-corrected chi connectivity index (χ2v) is 17.2. The number of likely N-dealkylation sites (tertiary alicyclic amines) is 1. The number of sulfone groups is 1. The van der Waals surface area contributed by atoms with Crippen molar-refractivity contribution in [1.29, 1.82) is 0 Å². The Hall–Kier alpha value is -3.78. The summed E-state index contributed by atoms with van der Waals surface area (Å²) in [7, 11) is -4.04. The number of hydrogen-bond acceptors (Lipinski definition) is 9. The van der Waals surface area contributed by atoms with E-state index in [4.69, 9.17) is 9.40 Å². The van der Waals surface area contributed by atoms with Gasteiger partial charge in [0.25, 0.3) is 11.8 Å². The number of carbonyl (C=O) groups is 2. The zero-order chi connectivity index (χ0) is 37.4. The average Bonchev–Trinajstić information content (AvgIpc) is 3.72. The van der Waals surface area contributed by atoms with Gasteiger partial charge in [-0.1, -0.05) is 102 Å². The third kappa shape index (κ3) is 9.60. The Kier molecular flexibility index (Phi) is 13.2. The summed E-state index contributed by atoms with van der Waals surface area (Å²) in [5, 5.41) is 10.7. The van der Waals surface area contributed by atoms with Crippen LogP contribution < -0.4 is 5.32 Å². The van der Waals surface area contributed by atoms with Crippen LogP contribution in [0.15, 0.2) is 46.9 Å². The lowest BCUT2D eigenvalue weighted by Crippen LogP contribution is -2.58. The van der Waals surface area contributed by atoms with Crippen LogP contribution in [0.3, 0.4) is 0 Å². The Labute approximate surface area is 308 Å². The second kappa shape index (κ2) is 17.4. The van der Waals surface area contributed by atoms with Gasteiger partial charge in [-0.25, -0.2) is 22.2 Å². The molecule has 10 nitrogen and oxygen atoms in total. The van der Waals surface area contributed by atoms with Crippen LogP contribution in [-0.2, 0) is 25.9 Å². The van der Waals surface area contributed by atoms with Crippen molar-refractivity contribution < 1.29 is 31.2 Å². The van der Waals surface area contributed by atoms with Gasteiger partial charge in [-0.15, -0.1) is 21.5 Å². The number of thiazole rings is 1. The number of aryl methyl sites for hydroxylation is 1. The number of carbonyl (C=O) groups excluding carboxylic acids is 2. The normalized spacial score (nSPS) is 15.4. The number of amides is 2. The lowest BCUT2D eigenvalue weighted by atomic mass is 9.98. The van der Waals surface area contributed by atoms with Crippen molar-refractivity contribution in [2.75, 3.05) is 19.3 Å². The molecule has 1 aliphatic rings. The van der Waals surface area contributed by atoms with Crippen LogP contribution in [0, 0.1) is 6.92 Å². The van der Waals surface area contributed by atoms with E-state index in [1.54, 1.807) is 37.3 Å². The molecule has 4 aromatic rings. The first kappa shape index (κ1) is 39.4. The maximum atomic E-state index is 14.1. The molecule has 1 saturated heterocycles. The first-order chi connectivity index (χ1) is 24.8. The van der Waals surface area contributed by atoms with E-state index in [0.29, 0.717) is 28.1 Å². The van der Waals surface area contributed by atoms with Crippen molar-refractivity contribution in [3.63, 3.8) is 0 Å². The van der Waals surface area contributed by atoms with Gasteiger partial charge < -0.3 is 14.6 Å². The minimum Gasteiger partial charge on any atom is -0.424 e. The number of unbranched alkanes of at least 4 members (excludes halogenated alkanes) is 11. The van der Waals surface area contributed by atoms with E-state index >= 15 is 0 Å². The fraction of sp³-hybridized carbons (Fsp3) is 0.553. The van der Waals surface area contributed by atoms with Crippen molar-refractivity contribution in [2.24, 2.45) is 0 Å². The van der Waals surface area contributed by atoms with Crippen molar-refractivity contribution >= 4 is 43.2 Å². The topological polar surface area (TPSA) is 135 Å². The summed E-state index contributed by atoms with van der Waals surface area (Å²) in [5.74, 6) is -3.47. The van der Waals surface area contributed by atoms with Crippen LogP contribution in [0.25, 0.3) is 21.3 Å². The van der Waals surface area contributed by atoms with Crippen LogP contribution in [0.2, 0.25) is 0 Å². The van der Waals surface area contributed by atoms with Crippen LogP contribution in [0.4, 0.5) is 8.78 Å². The van der Waals surface area contributed by atoms with Gasteiger partial charge in [0.05, 0.1) is 29.9 Å². The van der Waals surface area contributed by atoms with Crippen LogP contribution in [0.5, 0.6) is 0 Å². The Bertz CT molecular complexity index is 1920. The molecule has 0 bridgehead atoms. The number of rotatable bonds is 20. The molecule has 2 aromatic carbocycles. The van der Waals surface area contributed by atoms with Gasteiger partial charge in [0, 0.05) is 18.7 Å². The molecule has 0 saturated carbocycles. The molecule has 0 radical (unpaired) electrons. The maximum absolute atomic E-state index is 14.1. The number of nitrogens with one attached hydrogen (secondary N) is 1. The van der Waals surface area contributed by atoms with E-state index in [-0.39, 0.29) is 23.9 Å². The first-order valence-electron chi connectivity index (χ1n) is 18.3. The lowest BCUT2D eigenvalue weighted by Gasteiger charge is -2.38. The number of benzene rings is 2. The number of aromatic nitrogens is 3. The van der Waals surface area contributed by atoms with Gasteiger partial charge in [-0.05, 0) is 41.8 Å². The molecule has 0 aliphatic carbocycles. The Balaban J connectivity index is 1.32. The Morgan fingerprint density at radius 1 is 0.904 bits per heavy atom. The summed E-state index contributed by atoms with van der Waals surface area (Å²) < 4.78 is 58.3. The third-order valence-electron chi connectivity index (χ3n) is 9.68. The largest absolute Gasteiger partial charge is 0.424 e. The van der Waals surface area contributed by atoms with E-state index in [2.05, 4.69) is 22.4 Å². The molecule has 282 valence electrons. The highest BCUT2D eigenvalue weighted by Gasteiger charge is 2.52. The molecule has 52 heavy (non-hydrogen) atoms. The van der Waals surface area contributed by atoms with Gasteiger partial charge in [-0.3, -0.25) is 9.59 Å². The molecular formula is C38H49F2N5O5S2. The molecular weight excluding hydrogens is 709 g/mol. The highest BCUT2D eigenvalue weighted by Crippen LogP contribution is 2.41. The van der Waals surface area contributed by atoms with Crippen LogP contribution in [-0.4, -0.2) is 65.6 Å². The molecule has 0 spiro atoms. The smallest absolute Gasteiger partial charge is 0.282 e. The van der Waals surface area contributed by atoms with E-state index < -0.39 is 45.4 Å². The number of nitrogens with zero attached hydrogens (tertiary/aromatic N) is 4. The van der Waals surface area contributed by atoms with Gasteiger partial charge in [0.2, 0.25) is 22.4 Å². The summed E-state index contributed by atoms with van der Waals surface area (Å²) in [5.41, 5.74) is 2.44. The monoisotopic (exact) mass is 757 g/mol. The van der Waals surface area contributed by atoms with Gasteiger partial charge in [0.1, 0.15) is 5.01 Å². The number of alkyl halides is 2. The van der Waals surface area contributed by atoms with Gasteiger partial charge >= 0.3 is 0 Å². The first-order valence-corrected chi connectivity index (χ1v) is 21.0. The SMILES string of the molecule is CCCCCCCCCCCCCCC(C(=O)NCc1nnc(C)o1)(c1nc2ccc(-c3ccc(C(=O)N4CC(F)(F)C4)cc3)cc2s1)S(C)(=O)=O. The van der Waals surface area contributed by atoms with Gasteiger partial charge in [-0.2, -0.15) is 0 Å². The minimum atomic E-state index is -4.04. The van der Waals surface area contributed by atoms with E-state index in [1.807, 2.05) is 12.1 Å². The fourth-order valence-corrected chi connectivity index (χ4v) is 9.66. The maximum Gasteiger partial charge on any atom is 0.282 e. The van der Waals surface area contributed by atoms with E-state index in [1.165, 1.54) is 56.3 Å². The lowest BCUT2D eigenvalue weighted by molar-refractivity contribution is -0.124. The van der Waals surface area contributed by atoms with Crippen molar-refractivity contribution in [2.45, 2.75) is 115 Å². The highest BCUT2D eigenvalue weighted by atomic mass is 32.2. The second-order valence-electron chi connectivity index (χ2n) is 13.9. The zero-order valence-corrected chi connectivity index (χ0v) is 31.9. The predicted octanol–water partition coefficient (Wildman–Crippen LogP) is 8.39. The molecule has 1 N–H and O–H groups in total. The minimum absolute atomic E-state index is 0.0725. The fourth-order valence-electron chi connectivity index (χ4n) is 6.67. The van der Waals surface area contributed by atoms with E-state index in [0.717, 1.165) is 48.0 Å². The number of fused-ring (bicyclic) bond motifs is 1. The molecule has 1 atom stereocenters. The molecule has 1 fully saturated rings. The molecule has 2 amide bonds.